The zero-order valence-electron chi connectivity index (χ0n) is 10.1. The van der Waals surface area contributed by atoms with Crippen LogP contribution in [0.2, 0.25) is 0 Å². The summed E-state index contributed by atoms with van der Waals surface area (Å²) >= 11 is 0. The molecule has 0 unspecified atom stereocenters. The van der Waals surface area contributed by atoms with Gasteiger partial charge in [-0.1, -0.05) is 35.5 Å². The standard InChI is InChI=1S/C13H12N6/c14-13(17-15-10-6-2-1-3-7-10)19-12-9-5-4-8-11(12)16-18-19/h1-9,15H,(H2,14,17). The van der Waals surface area contributed by atoms with Gasteiger partial charge in [-0.15, -0.1) is 10.2 Å². The third-order valence-electron chi connectivity index (χ3n) is 2.64. The Morgan fingerprint density at radius 1 is 1.05 bits per heavy atom. The molecule has 19 heavy (non-hydrogen) atoms. The fourth-order valence-electron chi connectivity index (χ4n) is 1.72. The number of benzene rings is 2. The second-order valence-corrected chi connectivity index (χ2v) is 3.94. The monoisotopic (exact) mass is 252 g/mol. The highest BCUT2D eigenvalue weighted by molar-refractivity contribution is 5.89. The largest absolute Gasteiger partial charge is 0.366 e. The average molecular weight is 252 g/mol. The number of nitrogens with two attached hydrogens (primary N) is 1. The minimum absolute atomic E-state index is 0.234. The highest BCUT2D eigenvalue weighted by Crippen LogP contribution is 2.09. The van der Waals surface area contributed by atoms with Gasteiger partial charge in [0.15, 0.2) is 0 Å². The van der Waals surface area contributed by atoms with Gasteiger partial charge in [-0.05, 0) is 24.3 Å². The topological polar surface area (TPSA) is 81.1 Å². The SMILES string of the molecule is N/C(=N/Nc1ccccc1)n1nnc2ccccc21. The van der Waals surface area contributed by atoms with Crippen molar-refractivity contribution in [2.24, 2.45) is 10.8 Å². The predicted molar refractivity (Wildman–Crippen MR) is 74.6 cm³/mol. The van der Waals surface area contributed by atoms with E-state index in [0.717, 1.165) is 16.7 Å². The third kappa shape index (κ3) is 2.23. The molecule has 0 saturated heterocycles. The summed E-state index contributed by atoms with van der Waals surface area (Å²) in [7, 11) is 0. The predicted octanol–water partition coefficient (Wildman–Crippen LogP) is 1.62. The number of rotatable bonds is 2. The zero-order chi connectivity index (χ0) is 13.1. The Balaban J connectivity index is 1.89. The number of hydrazone groups is 1. The summed E-state index contributed by atoms with van der Waals surface area (Å²) in [4.78, 5) is 0. The Kier molecular flexibility index (Phi) is 2.82. The molecule has 2 aromatic carbocycles. The average Bonchev–Trinajstić information content (AvgIpc) is 2.90. The van der Waals surface area contributed by atoms with Gasteiger partial charge in [0.2, 0.25) is 5.96 Å². The van der Waals surface area contributed by atoms with Crippen LogP contribution in [0.5, 0.6) is 0 Å². The summed E-state index contributed by atoms with van der Waals surface area (Å²) in [5.41, 5.74) is 11.2. The number of hydrogen-bond donors (Lipinski definition) is 2. The number of hydrogen-bond acceptors (Lipinski definition) is 4. The zero-order valence-corrected chi connectivity index (χ0v) is 10.1. The van der Waals surface area contributed by atoms with Crippen molar-refractivity contribution in [2.45, 2.75) is 0 Å². The molecule has 1 aromatic heterocycles. The molecule has 0 radical (unpaired) electrons. The lowest BCUT2D eigenvalue weighted by atomic mass is 10.3. The van der Waals surface area contributed by atoms with Gasteiger partial charge in [0.1, 0.15) is 5.52 Å². The fourth-order valence-corrected chi connectivity index (χ4v) is 1.72. The van der Waals surface area contributed by atoms with E-state index in [1.54, 1.807) is 0 Å². The normalized spacial score (nSPS) is 11.7. The Labute approximate surface area is 109 Å². The molecule has 6 nitrogen and oxygen atoms in total. The number of para-hydroxylation sites is 2. The Morgan fingerprint density at radius 3 is 2.63 bits per heavy atom. The van der Waals surface area contributed by atoms with E-state index in [4.69, 9.17) is 5.73 Å². The molecule has 0 saturated carbocycles. The van der Waals surface area contributed by atoms with Gasteiger partial charge in [0, 0.05) is 0 Å². The summed E-state index contributed by atoms with van der Waals surface area (Å²) in [6, 6.07) is 17.1. The van der Waals surface area contributed by atoms with Crippen molar-refractivity contribution in [1.29, 1.82) is 0 Å². The minimum atomic E-state index is 0.234. The van der Waals surface area contributed by atoms with Crippen molar-refractivity contribution in [3.05, 3.63) is 54.6 Å². The van der Waals surface area contributed by atoms with E-state index < -0.39 is 0 Å². The summed E-state index contributed by atoms with van der Waals surface area (Å²) in [6.07, 6.45) is 0. The van der Waals surface area contributed by atoms with Crippen molar-refractivity contribution >= 4 is 22.7 Å². The molecule has 1 heterocycles. The minimum Gasteiger partial charge on any atom is -0.366 e. The van der Waals surface area contributed by atoms with Gasteiger partial charge in [-0.25, -0.2) is 0 Å². The molecule has 3 aromatic rings. The first-order chi connectivity index (χ1) is 9.34. The Hall–Kier alpha value is -2.89. The van der Waals surface area contributed by atoms with Crippen molar-refractivity contribution in [3.63, 3.8) is 0 Å². The van der Waals surface area contributed by atoms with Gasteiger partial charge in [0.05, 0.1) is 11.2 Å². The maximum atomic E-state index is 5.90. The molecule has 0 aliphatic rings. The maximum Gasteiger partial charge on any atom is 0.240 e. The second-order valence-electron chi connectivity index (χ2n) is 3.94. The molecule has 0 amide bonds. The first kappa shape index (κ1) is 11.2. The van der Waals surface area contributed by atoms with Crippen LogP contribution in [0.1, 0.15) is 0 Å². The number of nitrogens with zero attached hydrogens (tertiary/aromatic N) is 4. The number of nitrogens with one attached hydrogen (secondary N) is 1. The smallest absolute Gasteiger partial charge is 0.240 e. The van der Waals surface area contributed by atoms with Crippen LogP contribution < -0.4 is 11.2 Å². The van der Waals surface area contributed by atoms with Gasteiger partial charge in [-0.2, -0.15) is 4.68 Å². The van der Waals surface area contributed by atoms with Crippen LogP contribution in [-0.2, 0) is 0 Å². The molecular formula is C13H12N6. The van der Waals surface area contributed by atoms with Crippen LogP contribution in [0.25, 0.3) is 11.0 Å². The molecule has 3 N–H and O–H groups in total. The van der Waals surface area contributed by atoms with Gasteiger partial charge in [0.25, 0.3) is 0 Å². The van der Waals surface area contributed by atoms with E-state index in [1.165, 1.54) is 4.68 Å². The number of fused-ring (bicyclic) bond motifs is 1. The van der Waals surface area contributed by atoms with Crippen LogP contribution in [0.3, 0.4) is 0 Å². The van der Waals surface area contributed by atoms with E-state index in [-0.39, 0.29) is 5.96 Å². The molecule has 0 aliphatic heterocycles. The fraction of sp³-hybridized carbons (Fsp3) is 0. The summed E-state index contributed by atoms with van der Waals surface area (Å²) in [5, 5.41) is 12.1. The van der Waals surface area contributed by atoms with Crippen molar-refractivity contribution in [2.75, 3.05) is 5.43 Å². The van der Waals surface area contributed by atoms with Crippen LogP contribution in [0.4, 0.5) is 5.69 Å². The van der Waals surface area contributed by atoms with Crippen LogP contribution >= 0.6 is 0 Å². The molecule has 0 atom stereocenters. The lowest BCUT2D eigenvalue weighted by molar-refractivity contribution is 0.850. The van der Waals surface area contributed by atoms with E-state index in [9.17, 15) is 0 Å². The van der Waals surface area contributed by atoms with Crippen molar-refractivity contribution in [3.8, 4) is 0 Å². The molecule has 3 rings (SSSR count). The van der Waals surface area contributed by atoms with E-state index >= 15 is 0 Å². The molecule has 6 heteroatoms. The van der Waals surface area contributed by atoms with Crippen LogP contribution in [0.15, 0.2) is 59.7 Å². The van der Waals surface area contributed by atoms with E-state index in [0.29, 0.717) is 0 Å². The first-order valence-electron chi connectivity index (χ1n) is 5.79. The Bertz CT molecular complexity index is 716. The van der Waals surface area contributed by atoms with Crippen molar-refractivity contribution in [1.82, 2.24) is 15.0 Å². The number of anilines is 1. The molecule has 94 valence electrons. The molecule has 0 spiro atoms. The number of aromatic nitrogens is 3. The summed E-state index contributed by atoms with van der Waals surface area (Å²) in [6.45, 7) is 0. The molecule has 0 bridgehead atoms. The van der Waals surface area contributed by atoms with E-state index in [1.807, 2.05) is 54.6 Å². The highest BCUT2D eigenvalue weighted by atomic mass is 15.5. The third-order valence-corrected chi connectivity index (χ3v) is 2.64. The molecular weight excluding hydrogens is 240 g/mol. The maximum absolute atomic E-state index is 5.90. The Morgan fingerprint density at radius 2 is 1.79 bits per heavy atom. The summed E-state index contributed by atoms with van der Waals surface area (Å²) < 4.78 is 1.49. The van der Waals surface area contributed by atoms with E-state index in [2.05, 4.69) is 20.8 Å². The first-order valence-corrected chi connectivity index (χ1v) is 5.79. The van der Waals surface area contributed by atoms with Gasteiger partial charge < -0.3 is 5.73 Å². The second kappa shape index (κ2) is 4.77. The van der Waals surface area contributed by atoms with Crippen LogP contribution in [0, 0.1) is 0 Å². The highest BCUT2D eigenvalue weighted by Gasteiger charge is 2.06. The van der Waals surface area contributed by atoms with Crippen LogP contribution in [-0.4, -0.2) is 21.0 Å². The lowest BCUT2D eigenvalue weighted by Crippen LogP contribution is -2.24. The molecule has 0 aliphatic carbocycles. The summed E-state index contributed by atoms with van der Waals surface area (Å²) in [5.74, 6) is 0.234. The lowest BCUT2D eigenvalue weighted by Gasteiger charge is -2.03. The van der Waals surface area contributed by atoms with Gasteiger partial charge in [-0.3, -0.25) is 5.43 Å². The molecule has 0 fully saturated rings. The quantitative estimate of drug-likeness (QED) is 0.412. The van der Waals surface area contributed by atoms with Gasteiger partial charge >= 0.3 is 0 Å². The van der Waals surface area contributed by atoms with Crippen molar-refractivity contribution < 1.29 is 0 Å².